The third kappa shape index (κ3) is 13.0. The van der Waals surface area contributed by atoms with Crippen molar-refractivity contribution >= 4 is 28.5 Å². The monoisotopic (exact) mass is 1050 g/mol. The summed E-state index contributed by atoms with van der Waals surface area (Å²) in [5.41, 5.74) is -3.06. The Morgan fingerprint density at radius 3 is 2.31 bits per heavy atom. The van der Waals surface area contributed by atoms with Crippen LogP contribution in [0.5, 0.6) is 0 Å². The van der Waals surface area contributed by atoms with Crippen LogP contribution in [0.3, 0.4) is 0 Å². The van der Waals surface area contributed by atoms with Gasteiger partial charge in [-0.3, -0.25) is 9.69 Å². The fourth-order valence-corrected chi connectivity index (χ4v) is 12.1. The number of nitrogens with zero attached hydrogens (tertiary/aromatic N) is 6. The molecule has 0 spiro atoms. The third-order valence-corrected chi connectivity index (χ3v) is 16.7. The Morgan fingerprint density at radius 2 is 1.60 bits per heavy atom. The largest absolute Gasteiger partial charge is 0.459 e. The van der Waals surface area contributed by atoms with Gasteiger partial charge in [0.15, 0.2) is 12.6 Å². The van der Waals surface area contributed by atoms with Crippen LogP contribution in [0.15, 0.2) is 48.7 Å². The number of carbonyl (C=O) groups is 2. The van der Waals surface area contributed by atoms with Crippen molar-refractivity contribution in [3.8, 4) is 0 Å². The summed E-state index contributed by atoms with van der Waals surface area (Å²) in [6, 6.07) is 12.7. The smallest absolute Gasteiger partial charge is 0.414 e. The van der Waals surface area contributed by atoms with Crippen LogP contribution in [0, 0.1) is 17.8 Å². The Labute approximate surface area is 442 Å². The molecule has 19 atom stereocenters. The van der Waals surface area contributed by atoms with Crippen LogP contribution < -0.4 is 4.90 Å². The summed E-state index contributed by atoms with van der Waals surface area (Å²) >= 11 is 0. The molecule has 0 radical (unpaired) electrons. The number of likely N-dealkylation sites (N-methyl/N-ethyl adjacent to an activating group) is 2. The van der Waals surface area contributed by atoms with E-state index in [4.69, 9.17) is 33.2 Å². The number of aliphatic hydroxyl groups is 5. The first-order valence-electron chi connectivity index (χ1n) is 26.9. The molecule has 4 saturated heterocycles. The lowest BCUT2D eigenvalue weighted by Gasteiger charge is -2.49. The van der Waals surface area contributed by atoms with Gasteiger partial charge < -0.3 is 68.5 Å². The summed E-state index contributed by atoms with van der Waals surface area (Å²) in [7, 11) is 5.25. The van der Waals surface area contributed by atoms with Crippen molar-refractivity contribution in [2.24, 2.45) is 17.8 Å². The number of aliphatic hydroxyl groups excluding tert-OH is 3. The molecule has 4 aliphatic heterocycles. The molecule has 75 heavy (non-hydrogen) atoms. The lowest BCUT2D eigenvalue weighted by Crippen LogP contribution is -2.61. The summed E-state index contributed by atoms with van der Waals surface area (Å²) in [6.45, 7) is 19.1. The number of ether oxygens (including phenoxy) is 7. The molecule has 4 aliphatic rings. The van der Waals surface area contributed by atoms with E-state index in [0.29, 0.717) is 44.7 Å². The highest BCUT2D eigenvalue weighted by Crippen LogP contribution is 2.41. The van der Waals surface area contributed by atoms with Gasteiger partial charge >= 0.3 is 12.1 Å². The van der Waals surface area contributed by atoms with Gasteiger partial charge in [-0.25, -0.2) is 9.48 Å². The highest BCUT2D eigenvalue weighted by molar-refractivity contribution is 6.02. The topological polar surface area (TPSA) is 240 Å². The predicted octanol–water partition coefficient (Wildman–Crippen LogP) is 4.28. The predicted molar refractivity (Wildman–Crippen MR) is 278 cm³/mol. The van der Waals surface area contributed by atoms with Crippen molar-refractivity contribution in [1.29, 1.82) is 0 Å². The van der Waals surface area contributed by atoms with E-state index < -0.39 is 114 Å². The number of cyclic esters (lactones) is 2. The van der Waals surface area contributed by atoms with E-state index in [-0.39, 0.29) is 31.3 Å². The van der Waals surface area contributed by atoms with Crippen molar-refractivity contribution in [3.63, 3.8) is 0 Å². The van der Waals surface area contributed by atoms with Crippen LogP contribution in [0.2, 0.25) is 0 Å². The fourth-order valence-electron chi connectivity index (χ4n) is 12.1. The quantitative estimate of drug-likeness (QED) is 0.150. The maximum atomic E-state index is 14.5. The second-order valence-electron chi connectivity index (χ2n) is 23.0. The van der Waals surface area contributed by atoms with Gasteiger partial charge in [-0.15, -0.1) is 5.10 Å². The van der Waals surface area contributed by atoms with E-state index in [0.717, 1.165) is 16.5 Å². The van der Waals surface area contributed by atoms with Gasteiger partial charge in [0.25, 0.3) is 0 Å². The van der Waals surface area contributed by atoms with Gasteiger partial charge in [-0.2, -0.15) is 0 Å². The zero-order valence-electron chi connectivity index (χ0n) is 46.3. The number of anilines is 1. The van der Waals surface area contributed by atoms with Crippen LogP contribution in [0.25, 0.3) is 10.8 Å². The van der Waals surface area contributed by atoms with E-state index >= 15 is 0 Å². The zero-order valence-corrected chi connectivity index (χ0v) is 46.3. The first-order chi connectivity index (χ1) is 35.3. The summed E-state index contributed by atoms with van der Waals surface area (Å²) in [4.78, 5) is 33.2. The van der Waals surface area contributed by atoms with Crippen LogP contribution in [0.4, 0.5) is 10.5 Å². The number of rotatable bonds is 13. The normalized spacial score (nSPS) is 40.1. The Morgan fingerprint density at radius 1 is 0.893 bits per heavy atom. The summed E-state index contributed by atoms with van der Waals surface area (Å²) < 4.78 is 45.8. The van der Waals surface area contributed by atoms with Crippen molar-refractivity contribution in [2.45, 2.75) is 204 Å². The van der Waals surface area contributed by atoms with E-state index in [1.165, 1.54) is 14.0 Å². The molecule has 0 saturated carbocycles. The van der Waals surface area contributed by atoms with Crippen LogP contribution >= 0.6 is 0 Å². The standard InChI is InChI=1S/C55H86N6O14/c1-14-43-55(10,68)47(63)35(6)59(12)27-31(2)25-53(8,67)49(33(4)46(34(5)50(65)73-43)74-44-26-54(9,69-13)48(64)36(7)71-44)75-51-45(62)42(24-32(3)70-51)58(11)23-22-38-28-60(57-56-38)29-39-30-61(52(66)72-39)41-21-17-19-37-18-15-16-20-40(37)41/h15-21,28,31-36,39,42-49,51,62-64,67-68H,14,22-27,29-30H2,1-13H3/t31-,32-,33+,34-,35-,36+,39+,42+,43-,44+,45-,46+,47-,48+,49-,51+,53-,54-,55-/m1/s1. The van der Waals surface area contributed by atoms with Crippen molar-refractivity contribution in [1.82, 2.24) is 24.8 Å². The highest BCUT2D eigenvalue weighted by atomic mass is 16.7. The number of methoxy groups -OCH3 is 1. The molecule has 5 heterocycles. The van der Waals surface area contributed by atoms with Gasteiger partial charge in [0, 0.05) is 62.6 Å². The van der Waals surface area contributed by atoms with E-state index in [2.05, 4.69) is 10.3 Å². The Kier molecular flexibility index (Phi) is 18.8. The second kappa shape index (κ2) is 24.0. The molecule has 20 nitrogen and oxygen atoms in total. The third-order valence-electron chi connectivity index (χ3n) is 16.7. The number of hydrogen-bond acceptors (Lipinski definition) is 18. The van der Waals surface area contributed by atoms with E-state index in [1.54, 1.807) is 51.1 Å². The molecule has 20 heteroatoms. The van der Waals surface area contributed by atoms with Crippen molar-refractivity contribution in [2.75, 3.05) is 45.7 Å². The number of benzene rings is 2. The van der Waals surface area contributed by atoms with Crippen LogP contribution in [0.1, 0.15) is 101 Å². The summed E-state index contributed by atoms with van der Waals surface area (Å²) in [6.07, 6.45) is -7.78. The number of hydrogen-bond donors (Lipinski definition) is 5. The highest BCUT2D eigenvalue weighted by Gasteiger charge is 2.53. The fraction of sp³-hybridized carbons (Fsp3) is 0.745. The van der Waals surface area contributed by atoms with Crippen molar-refractivity contribution in [3.05, 3.63) is 54.4 Å². The average Bonchev–Trinajstić information content (AvgIpc) is 3.98. The van der Waals surface area contributed by atoms with Gasteiger partial charge in [0.1, 0.15) is 36.1 Å². The maximum Gasteiger partial charge on any atom is 0.414 e. The molecule has 2 aromatic carbocycles. The van der Waals surface area contributed by atoms with Gasteiger partial charge in [-0.1, -0.05) is 62.4 Å². The molecule has 1 aromatic heterocycles. The summed E-state index contributed by atoms with van der Waals surface area (Å²) in [5.74, 6) is -2.83. The molecule has 0 aliphatic carbocycles. The lowest BCUT2D eigenvalue weighted by molar-refractivity contribution is -0.318. The molecule has 4 fully saturated rings. The molecule has 7 rings (SSSR count). The van der Waals surface area contributed by atoms with Crippen LogP contribution in [-0.2, 0) is 50.9 Å². The van der Waals surface area contributed by atoms with Gasteiger partial charge in [0.05, 0.1) is 66.0 Å². The Balaban J connectivity index is 1.10. The number of fused-ring (bicyclic) bond motifs is 1. The molecule has 3 aromatic rings. The zero-order chi connectivity index (χ0) is 54.9. The molecule has 0 bridgehead atoms. The first kappa shape index (κ1) is 58.8. The SMILES string of the molecule is CC[C@H]1OC(=O)[C@H](C)[C@@H](O[C@H]2C[C@@](C)(OC)[C@@H](O)[C@H](C)O2)[C@H](C)[C@@H](O[C@@H]2O[C@H](C)C[C@H](N(C)CCc3cn(C[C@H]4CN(c5cccc6ccccc56)C(=O)O4)nn3)[C@H]2O)[C@](C)(O)C[C@@H](C)CN(C)[C@H](C)[C@@H](O)[C@]1(C)O. The maximum absolute atomic E-state index is 14.5. The second-order valence-corrected chi connectivity index (χ2v) is 23.0. The summed E-state index contributed by atoms with van der Waals surface area (Å²) in [5, 5.41) is 70.6. The minimum Gasteiger partial charge on any atom is -0.459 e. The molecular formula is C55H86N6O14. The molecule has 420 valence electrons. The van der Waals surface area contributed by atoms with Gasteiger partial charge in [0.2, 0.25) is 0 Å². The lowest BCUT2D eigenvalue weighted by atomic mass is 9.77. The number of amides is 1. The average molecular weight is 1060 g/mol. The number of esters is 1. The molecule has 0 unspecified atom stereocenters. The Hall–Kier alpha value is -3.90. The molecule has 1 amide bonds. The van der Waals surface area contributed by atoms with Gasteiger partial charge in [-0.05, 0) is 99.2 Å². The molecule has 5 N–H and O–H groups in total. The minimum absolute atomic E-state index is 0.0925. The van der Waals surface area contributed by atoms with Crippen LogP contribution in [-0.4, -0.2) is 200 Å². The minimum atomic E-state index is -1.85. The number of aromatic nitrogens is 3. The first-order valence-corrected chi connectivity index (χ1v) is 26.9. The van der Waals surface area contributed by atoms with E-state index in [1.807, 2.05) is 93.3 Å². The van der Waals surface area contributed by atoms with Crippen molar-refractivity contribution < 1.29 is 68.3 Å². The number of carbonyl (C=O) groups excluding carboxylic acids is 2. The van der Waals surface area contributed by atoms with E-state index in [9.17, 15) is 35.1 Å². The molecular weight excluding hydrogens is 969 g/mol. The Bertz CT molecular complexity index is 2370.